The van der Waals surface area contributed by atoms with E-state index >= 15 is 0 Å². The van der Waals surface area contributed by atoms with Crippen LogP contribution in [0.5, 0.6) is 0 Å². The van der Waals surface area contributed by atoms with E-state index in [1.165, 1.54) is 16.8 Å². The lowest BCUT2D eigenvalue weighted by Gasteiger charge is -2.33. The summed E-state index contributed by atoms with van der Waals surface area (Å²) in [5.74, 6) is -1.58. The molecule has 0 unspecified atom stereocenters. The molecule has 168 valence electrons. The van der Waals surface area contributed by atoms with Crippen molar-refractivity contribution >= 4 is 11.8 Å². The first-order chi connectivity index (χ1) is 14.6. The Morgan fingerprint density at radius 2 is 1.97 bits per heavy atom. The number of nitrogens with zero attached hydrogens (tertiary/aromatic N) is 5. The Morgan fingerprint density at radius 1 is 1.26 bits per heavy atom. The van der Waals surface area contributed by atoms with Gasteiger partial charge in [-0.2, -0.15) is 13.2 Å². The standard InChI is InChI=1S/C19H22F4N6O2/c1-12-25-26-27-29(12)16(10-13-3-2-4-15(20)9-13)18(31)28-7-5-14(6-8-28)17(30)24-11-19(21,22)23/h2-4,9,14,16H,5-8,10-11H2,1H3,(H,24,30)/t16-/m1/s1. The van der Waals surface area contributed by atoms with Gasteiger partial charge in [0.2, 0.25) is 11.8 Å². The van der Waals surface area contributed by atoms with Crippen LogP contribution in [-0.2, 0) is 16.0 Å². The zero-order valence-corrected chi connectivity index (χ0v) is 16.8. The predicted molar refractivity (Wildman–Crippen MR) is 100 cm³/mol. The van der Waals surface area contributed by atoms with Gasteiger partial charge >= 0.3 is 6.18 Å². The quantitative estimate of drug-likeness (QED) is 0.689. The molecule has 3 rings (SSSR count). The molecule has 1 aliphatic rings. The van der Waals surface area contributed by atoms with E-state index in [-0.39, 0.29) is 38.3 Å². The van der Waals surface area contributed by atoms with Gasteiger partial charge in [-0.05, 0) is 47.9 Å². The highest BCUT2D eigenvalue weighted by Gasteiger charge is 2.34. The number of alkyl halides is 3. The molecule has 31 heavy (non-hydrogen) atoms. The fourth-order valence-electron chi connectivity index (χ4n) is 3.60. The molecule has 12 heteroatoms. The van der Waals surface area contributed by atoms with E-state index in [4.69, 9.17) is 0 Å². The van der Waals surface area contributed by atoms with Crippen molar-refractivity contribution in [1.82, 2.24) is 30.4 Å². The first-order valence-corrected chi connectivity index (χ1v) is 9.76. The van der Waals surface area contributed by atoms with Gasteiger partial charge in [0.05, 0.1) is 0 Å². The first kappa shape index (κ1) is 22.6. The maximum absolute atomic E-state index is 13.6. The third kappa shape index (κ3) is 5.98. The van der Waals surface area contributed by atoms with Crippen LogP contribution in [0.15, 0.2) is 24.3 Å². The van der Waals surface area contributed by atoms with E-state index in [0.29, 0.717) is 11.4 Å². The van der Waals surface area contributed by atoms with Gasteiger partial charge in [0, 0.05) is 25.4 Å². The molecule has 8 nitrogen and oxygen atoms in total. The van der Waals surface area contributed by atoms with Gasteiger partial charge in [-0.25, -0.2) is 9.07 Å². The second kappa shape index (κ2) is 9.40. The number of rotatable bonds is 6. The smallest absolute Gasteiger partial charge is 0.347 e. The summed E-state index contributed by atoms with van der Waals surface area (Å²) in [6.07, 6.45) is -3.82. The van der Waals surface area contributed by atoms with E-state index in [1.54, 1.807) is 24.0 Å². The largest absolute Gasteiger partial charge is 0.405 e. The number of halogens is 4. The lowest BCUT2D eigenvalue weighted by Crippen LogP contribution is -2.47. The maximum atomic E-state index is 13.6. The summed E-state index contributed by atoms with van der Waals surface area (Å²) in [5.41, 5.74) is 0.592. The third-order valence-corrected chi connectivity index (χ3v) is 5.20. The van der Waals surface area contributed by atoms with Crippen LogP contribution in [0, 0.1) is 18.7 Å². The number of carbonyl (C=O) groups is 2. The summed E-state index contributed by atoms with van der Waals surface area (Å²) in [6.45, 7) is 0.690. The molecule has 1 aromatic heterocycles. The summed E-state index contributed by atoms with van der Waals surface area (Å²) in [5, 5.41) is 13.2. The molecule has 1 aliphatic heterocycles. The Kier molecular flexibility index (Phi) is 6.86. The lowest BCUT2D eigenvalue weighted by molar-refractivity contribution is -0.143. The lowest BCUT2D eigenvalue weighted by atomic mass is 9.94. The van der Waals surface area contributed by atoms with Gasteiger partial charge in [0.25, 0.3) is 0 Å². The molecule has 0 spiro atoms. The van der Waals surface area contributed by atoms with E-state index in [2.05, 4.69) is 15.5 Å². The highest BCUT2D eigenvalue weighted by molar-refractivity contribution is 5.82. The van der Waals surface area contributed by atoms with Crippen molar-refractivity contribution in [3.63, 3.8) is 0 Å². The van der Waals surface area contributed by atoms with Crippen LogP contribution in [0.4, 0.5) is 17.6 Å². The summed E-state index contributed by atoms with van der Waals surface area (Å²) < 4.78 is 51.9. The third-order valence-electron chi connectivity index (χ3n) is 5.20. The monoisotopic (exact) mass is 442 g/mol. The van der Waals surface area contributed by atoms with Gasteiger partial charge in [-0.15, -0.1) is 5.10 Å². The Hall–Kier alpha value is -3.05. The summed E-state index contributed by atoms with van der Waals surface area (Å²) in [7, 11) is 0. The predicted octanol–water partition coefficient (Wildman–Crippen LogP) is 1.82. The molecule has 2 aromatic rings. The van der Waals surface area contributed by atoms with Crippen LogP contribution in [0.2, 0.25) is 0 Å². The fourth-order valence-corrected chi connectivity index (χ4v) is 3.60. The average Bonchev–Trinajstić information content (AvgIpc) is 3.15. The Bertz CT molecular complexity index is 924. The Balaban J connectivity index is 1.67. The number of nitrogens with one attached hydrogen (secondary N) is 1. The second-order valence-corrected chi connectivity index (χ2v) is 7.45. The van der Waals surface area contributed by atoms with Gasteiger partial charge < -0.3 is 10.2 Å². The van der Waals surface area contributed by atoms with Crippen molar-refractivity contribution in [2.24, 2.45) is 5.92 Å². The van der Waals surface area contributed by atoms with Gasteiger partial charge in [0.15, 0.2) is 0 Å². The van der Waals surface area contributed by atoms with Gasteiger partial charge in [-0.3, -0.25) is 9.59 Å². The number of amides is 2. The summed E-state index contributed by atoms with van der Waals surface area (Å²) in [4.78, 5) is 26.8. The fraction of sp³-hybridized carbons (Fsp3) is 0.526. The van der Waals surface area contributed by atoms with Gasteiger partial charge in [0.1, 0.15) is 24.2 Å². The molecule has 1 atom stereocenters. The number of hydrogen-bond acceptors (Lipinski definition) is 5. The number of likely N-dealkylation sites (tertiary alicyclic amines) is 1. The number of benzene rings is 1. The van der Waals surface area contributed by atoms with Crippen LogP contribution < -0.4 is 5.32 Å². The molecular formula is C19H22F4N6O2. The SMILES string of the molecule is Cc1nnnn1[C@H](Cc1cccc(F)c1)C(=O)N1CCC(C(=O)NCC(F)(F)F)CC1. The minimum atomic E-state index is -4.47. The number of aryl methyl sites for hydroxylation is 1. The first-order valence-electron chi connectivity index (χ1n) is 9.76. The zero-order chi connectivity index (χ0) is 22.6. The average molecular weight is 442 g/mol. The minimum absolute atomic E-state index is 0.161. The Morgan fingerprint density at radius 3 is 2.55 bits per heavy atom. The number of tetrazole rings is 1. The van der Waals surface area contributed by atoms with E-state index < -0.39 is 36.4 Å². The Labute approximate surface area is 175 Å². The minimum Gasteiger partial charge on any atom is -0.347 e. The van der Waals surface area contributed by atoms with Crippen molar-refractivity contribution in [2.45, 2.75) is 38.4 Å². The molecule has 1 saturated heterocycles. The molecule has 2 amide bonds. The molecule has 0 bridgehead atoms. The highest BCUT2D eigenvalue weighted by atomic mass is 19.4. The molecule has 1 aromatic carbocycles. The van der Waals surface area contributed by atoms with Crippen LogP contribution in [-0.4, -0.2) is 62.7 Å². The summed E-state index contributed by atoms with van der Waals surface area (Å²) in [6, 6.07) is 5.06. The molecular weight excluding hydrogens is 420 g/mol. The van der Waals surface area contributed by atoms with E-state index in [0.717, 1.165) is 0 Å². The molecule has 0 aliphatic carbocycles. The van der Waals surface area contributed by atoms with E-state index in [1.807, 2.05) is 5.32 Å². The van der Waals surface area contributed by atoms with Crippen molar-refractivity contribution < 1.29 is 27.2 Å². The van der Waals surface area contributed by atoms with Gasteiger partial charge in [-0.1, -0.05) is 12.1 Å². The topological polar surface area (TPSA) is 93.0 Å². The van der Waals surface area contributed by atoms with Crippen LogP contribution in [0.25, 0.3) is 0 Å². The molecule has 1 fully saturated rings. The molecule has 1 N–H and O–H groups in total. The number of piperidine rings is 1. The molecule has 0 radical (unpaired) electrons. The number of aromatic nitrogens is 4. The van der Waals surface area contributed by atoms with Crippen molar-refractivity contribution in [2.75, 3.05) is 19.6 Å². The second-order valence-electron chi connectivity index (χ2n) is 7.45. The van der Waals surface area contributed by atoms with Crippen molar-refractivity contribution in [3.05, 3.63) is 41.5 Å². The van der Waals surface area contributed by atoms with Crippen LogP contribution >= 0.6 is 0 Å². The highest BCUT2D eigenvalue weighted by Crippen LogP contribution is 2.24. The number of hydrogen-bond donors (Lipinski definition) is 1. The van der Waals surface area contributed by atoms with Crippen LogP contribution in [0.3, 0.4) is 0 Å². The molecule has 2 heterocycles. The number of carbonyl (C=O) groups excluding carboxylic acids is 2. The molecule has 0 saturated carbocycles. The van der Waals surface area contributed by atoms with Crippen molar-refractivity contribution in [3.8, 4) is 0 Å². The normalized spacial score (nSPS) is 16.2. The zero-order valence-electron chi connectivity index (χ0n) is 16.8. The summed E-state index contributed by atoms with van der Waals surface area (Å²) >= 11 is 0. The van der Waals surface area contributed by atoms with Crippen molar-refractivity contribution in [1.29, 1.82) is 0 Å². The maximum Gasteiger partial charge on any atom is 0.405 e. The van der Waals surface area contributed by atoms with Crippen LogP contribution in [0.1, 0.15) is 30.3 Å². The van der Waals surface area contributed by atoms with E-state index in [9.17, 15) is 27.2 Å².